The van der Waals surface area contributed by atoms with E-state index in [1.54, 1.807) is 11.6 Å². The second-order valence-corrected chi connectivity index (χ2v) is 6.38. The van der Waals surface area contributed by atoms with Crippen molar-refractivity contribution in [1.29, 1.82) is 0 Å². The number of esters is 1. The number of carbonyl (C=O) groups is 1. The molecule has 1 atom stereocenters. The number of hydrogen-bond acceptors (Lipinski definition) is 6. The van der Waals surface area contributed by atoms with E-state index in [0.717, 1.165) is 0 Å². The van der Waals surface area contributed by atoms with Crippen LogP contribution in [-0.2, 0) is 20.7 Å². The third-order valence-corrected chi connectivity index (χ3v) is 4.04. The molecule has 0 saturated heterocycles. The Hall–Kier alpha value is -1.40. The van der Waals surface area contributed by atoms with Crippen LogP contribution in [-0.4, -0.2) is 45.2 Å². The molecule has 0 bridgehead atoms. The normalized spacial score (nSPS) is 12.7. The molecule has 0 radical (unpaired) electrons. The molecule has 1 heterocycles. The van der Waals surface area contributed by atoms with Crippen LogP contribution in [0.15, 0.2) is 17.4 Å². The van der Waals surface area contributed by atoms with Gasteiger partial charge < -0.3 is 4.74 Å². The Kier molecular flexibility index (Phi) is 9.00. The van der Waals surface area contributed by atoms with Crippen molar-refractivity contribution >= 4 is 34.7 Å². The first-order valence-corrected chi connectivity index (χ1v) is 9.04. The molecule has 0 aliphatic carbocycles. The van der Waals surface area contributed by atoms with Crippen LogP contribution in [0.2, 0.25) is 0 Å². The van der Waals surface area contributed by atoms with Crippen LogP contribution in [0.5, 0.6) is 0 Å². The van der Waals surface area contributed by atoms with Crippen molar-refractivity contribution < 1.29 is 26.9 Å². The predicted octanol–water partition coefficient (Wildman–Crippen LogP) is 2.05. The molecule has 0 amide bonds. The molecule has 7 nitrogen and oxygen atoms in total. The highest BCUT2D eigenvalue weighted by Crippen LogP contribution is 2.17. The Labute approximate surface area is 143 Å². The van der Waals surface area contributed by atoms with Gasteiger partial charge in [0.2, 0.25) is 0 Å². The van der Waals surface area contributed by atoms with E-state index in [0.29, 0.717) is 23.9 Å². The highest BCUT2D eigenvalue weighted by Gasteiger charge is 2.27. The van der Waals surface area contributed by atoms with Crippen molar-refractivity contribution in [3.8, 4) is 0 Å². The minimum Gasteiger partial charge on any atom is -0.466 e. The minimum absolute atomic E-state index is 0.130. The van der Waals surface area contributed by atoms with Crippen LogP contribution in [0.1, 0.15) is 19.8 Å². The zero-order chi connectivity index (χ0) is 18.0. The lowest BCUT2D eigenvalue weighted by molar-refractivity contribution is -0.143. The first-order chi connectivity index (χ1) is 11.3. The van der Waals surface area contributed by atoms with E-state index in [4.69, 9.17) is 4.74 Å². The van der Waals surface area contributed by atoms with Gasteiger partial charge in [0.05, 0.1) is 6.61 Å². The number of hydrogen-bond donors (Lipinski definition) is 2. The molecule has 0 fully saturated rings. The average Bonchev–Trinajstić information content (AvgIpc) is 2.50. The van der Waals surface area contributed by atoms with Gasteiger partial charge in [-0.1, -0.05) is 11.8 Å². The van der Waals surface area contributed by atoms with Crippen molar-refractivity contribution in [3.05, 3.63) is 12.3 Å². The molecule has 12 heteroatoms. The lowest BCUT2D eigenvalue weighted by Gasteiger charge is -2.09. The standard InChI is InChI=1S/C12H17F3N4O3S2/c1-2-22-10(20)4-3-7-23-11-16-6-5-9(18-11)19-24(21)17-8-12(13,14)15/h5-6,17H,2-4,7-8H2,1H3,(H,16,18,19). The van der Waals surface area contributed by atoms with Crippen LogP contribution in [0.25, 0.3) is 0 Å². The summed E-state index contributed by atoms with van der Waals surface area (Å²) in [4.78, 5) is 19.2. The third kappa shape index (κ3) is 9.67. The maximum atomic E-state index is 12.0. The molecule has 1 aromatic rings. The number of nitrogens with one attached hydrogen (secondary N) is 2. The van der Waals surface area contributed by atoms with E-state index in [2.05, 4.69) is 14.7 Å². The summed E-state index contributed by atoms with van der Waals surface area (Å²) in [5, 5.41) is 0.358. The molecule has 0 spiro atoms. The fraction of sp³-hybridized carbons (Fsp3) is 0.583. The number of rotatable bonds is 10. The number of alkyl halides is 3. The van der Waals surface area contributed by atoms with E-state index >= 15 is 0 Å². The smallest absolute Gasteiger partial charge is 0.402 e. The van der Waals surface area contributed by atoms with Crippen LogP contribution >= 0.6 is 11.8 Å². The third-order valence-electron chi connectivity index (χ3n) is 2.30. The summed E-state index contributed by atoms with van der Waals surface area (Å²) in [6, 6.07) is 1.38. The van der Waals surface area contributed by atoms with Crippen molar-refractivity contribution in [3.63, 3.8) is 0 Å². The van der Waals surface area contributed by atoms with Gasteiger partial charge in [-0.3, -0.25) is 9.52 Å². The van der Waals surface area contributed by atoms with Gasteiger partial charge in [-0.25, -0.2) is 18.9 Å². The summed E-state index contributed by atoms with van der Waals surface area (Å²) < 4.78 is 56.3. The summed E-state index contributed by atoms with van der Waals surface area (Å²) in [7, 11) is 0. The number of nitrogens with zero attached hydrogens (tertiary/aromatic N) is 2. The SMILES string of the molecule is CCOC(=O)CCCSc1nccc(NS(=O)NCC(F)(F)F)n1. The number of halogens is 3. The number of carbonyl (C=O) groups excluding carboxylic acids is 1. The second-order valence-electron chi connectivity index (χ2n) is 4.29. The van der Waals surface area contributed by atoms with Gasteiger partial charge in [-0.2, -0.15) is 13.2 Å². The van der Waals surface area contributed by atoms with Gasteiger partial charge in [-0.05, 0) is 19.4 Å². The van der Waals surface area contributed by atoms with Crippen LogP contribution < -0.4 is 9.44 Å². The predicted molar refractivity (Wildman–Crippen MR) is 84.4 cm³/mol. The summed E-state index contributed by atoms with van der Waals surface area (Å²) in [6.45, 7) is 0.683. The molecule has 0 aliphatic heterocycles. The molecule has 1 unspecified atom stereocenters. The van der Waals surface area contributed by atoms with Gasteiger partial charge in [-0.15, -0.1) is 0 Å². The Morgan fingerprint density at radius 2 is 2.21 bits per heavy atom. The molecule has 2 N–H and O–H groups in total. The van der Waals surface area contributed by atoms with Crippen molar-refractivity contribution in [2.45, 2.75) is 31.1 Å². The lowest BCUT2D eigenvalue weighted by atomic mass is 10.3. The summed E-state index contributed by atoms with van der Waals surface area (Å²) in [5.41, 5.74) is 0. The van der Waals surface area contributed by atoms with Crippen molar-refractivity contribution in [2.24, 2.45) is 0 Å². The maximum absolute atomic E-state index is 12.0. The molecular weight excluding hydrogens is 369 g/mol. The zero-order valence-electron chi connectivity index (χ0n) is 12.8. The molecule has 24 heavy (non-hydrogen) atoms. The maximum Gasteiger partial charge on any atom is 0.402 e. The molecule has 136 valence electrons. The number of ether oxygens (including phenoxy) is 1. The highest BCUT2D eigenvalue weighted by molar-refractivity contribution is 7.99. The van der Waals surface area contributed by atoms with Crippen LogP contribution in [0.4, 0.5) is 19.0 Å². The average molecular weight is 386 g/mol. The fourth-order valence-electron chi connectivity index (χ4n) is 1.36. The van der Waals surface area contributed by atoms with E-state index in [1.165, 1.54) is 24.0 Å². The first kappa shape index (κ1) is 20.6. The monoisotopic (exact) mass is 386 g/mol. The van der Waals surface area contributed by atoms with Gasteiger partial charge >= 0.3 is 12.1 Å². The zero-order valence-corrected chi connectivity index (χ0v) is 14.4. The minimum atomic E-state index is -4.46. The molecule has 0 saturated carbocycles. The van der Waals surface area contributed by atoms with E-state index in [-0.39, 0.29) is 18.2 Å². The van der Waals surface area contributed by atoms with Crippen molar-refractivity contribution in [1.82, 2.24) is 14.7 Å². The first-order valence-electron chi connectivity index (χ1n) is 6.90. The molecule has 0 aromatic carbocycles. The Balaban J connectivity index is 2.38. The van der Waals surface area contributed by atoms with Gasteiger partial charge in [0.25, 0.3) is 0 Å². The van der Waals surface area contributed by atoms with Gasteiger partial charge in [0.1, 0.15) is 12.4 Å². The molecule has 1 aromatic heterocycles. The van der Waals surface area contributed by atoms with Crippen molar-refractivity contribution in [2.75, 3.05) is 23.6 Å². The van der Waals surface area contributed by atoms with Gasteiger partial charge in [0.15, 0.2) is 16.3 Å². The van der Waals surface area contributed by atoms with Gasteiger partial charge in [0, 0.05) is 18.4 Å². The highest BCUT2D eigenvalue weighted by atomic mass is 32.2. The summed E-state index contributed by atoms with van der Waals surface area (Å²) in [5.74, 6) is 0.420. The second kappa shape index (κ2) is 10.5. The largest absolute Gasteiger partial charge is 0.466 e. The summed E-state index contributed by atoms with van der Waals surface area (Å²) >= 11 is -0.852. The molecule has 0 aliphatic rings. The molecule has 1 rings (SSSR count). The molecular formula is C12H17F3N4O3S2. The Morgan fingerprint density at radius 1 is 1.46 bits per heavy atom. The Morgan fingerprint density at radius 3 is 2.88 bits per heavy atom. The summed E-state index contributed by atoms with van der Waals surface area (Å²) in [6.07, 6.45) is -2.21. The fourth-order valence-corrected chi connectivity index (χ4v) is 2.80. The van der Waals surface area contributed by atoms with E-state index in [1.807, 2.05) is 0 Å². The quantitative estimate of drug-likeness (QED) is 0.277. The van der Waals surface area contributed by atoms with Crippen LogP contribution in [0.3, 0.4) is 0 Å². The van der Waals surface area contributed by atoms with E-state index < -0.39 is 23.9 Å². The number of thioether (sulfide) groups is 1. The lowest BCUT2D eigenvalue weighted by Crippen LogP contribution is -2.33. The number of aromatic nitrogens is 2. The van der Waals surface area contributed by atoms with Crippen LogP contribution in [0, 0.1) is 0 Å². The topological polar surface area (TPSA) is 93.2 Å². The van der Waals surface area contributed by atoms with E-state index in [9.17, 15) is 22.2 Å². The number of anilines is 1. The Bertz CT molecular complexity index is 561.